The first-order valence-corrected chi connectivity index (χ1v) is 7.84. The number of rotatable bonds is 8. The van der Waals surface area contributed by atoms with E-state index in [9.17, 15) is 0 Å². The van der Waals surface area contributed by atoms with Gasteiger partial charge in [-0.1, -0.05) is 18.2 Å². The van der Waals surface area contributed by atoms with Crippen molar-refractivity contribution in [1.82, 2.24) is 0 Å². The van der Waals surface area contributed by atoms with Gasteiger partial charge in [0.05, 0.1) is 35.5 Å². The minimum absolute atomic E-state index is 0.585. The monoisotopic (exact) mass is 344 g/mol. The van der Waals surface area contributed by atoms with Crippen LogP contribution >= 0.6 is 0 Å². The van der Waals surface area contributed by atoms with Crippen LogP contribution in [0.4, 0.5) is 0 Å². The lowest BCUT2D eigenvalue weighted by Gasteiger charge is -2.12. The summed E-state index contributed by atoms with van der Waals surface area (Å²) in [6.07, 6.45) is 4.85. The van der Waals surface area contributed by atoms with E-state index in [0.29, 0.717) is 17.2 Å². The summed E-state index contributed by atoms with van der Waals surface area (Å²) in [6, 6.07) is 9.71. The van der Waals surface area contributed by atoms with Crippen molar-refractivity contribution < 1.29 is 23.7 Å². The average Bonchev–Trinajstić information content (AvgIpc) is 2.66. The molecule has 0 unspecified atom stereocenters. The number of benzene rings is 2. The van der Waals surface area contributed by atoms with E-state index in [0.717, 1.165) is 29.0 Å². The zero-order valence-electron chi connectivity index (χ0n) is 15.3. The molecule has 0 N–H and O–H groups in total. The molecule has 0 fully saturated rings. The van der Waals surface area contributed by atoms with Gasteiger partial charge in [-0.15, -0.1) is 0 Å². The highest BCUT2D eigenvalue weighted by atomic mass is 16.5. The van der Waals surface area contributed by atoms with Crippen molar-refractivity contribution in [3.63, 3.8) is 0 Å². The number of allylic oxidation sites excluding steroid dienone is 1. The van der Waals surface area contributed by atoms with Gasteiger partial charge in [0.15, 0.2) is 23.0 Å². The summed E-state index contributed by atoms with van der Waals surface area (Å²) in [5.41, 5.74) is 2.09. The smallest absolute Gasteiger partial charge is 0.203 e. The zero-order valence-corrected chi connectivity index (χ0v) is 15.3. The Balaban J connectivity index is 2.19. The summed E-state index contributed by atoms with van der Waals surface area (Å²) >= 11 is 0. The highest BCUT2D eigenvalue weighted by molar-refractivity contribution is 5.62. The normalized spacial score (nSPS) is 10.6. The predicted octanol–water partition coefficient (Wildman–Crippen LogP) is 3.99. The van der Waals surface area contributed by atoms with Gasteiger partial charge in [-0.3, -0.25) is 0 Å². The van der Waals surface area contributed by atoms with Crippen LogP contribution in [0.5, 0.6) is 28.7 Å². The number of hydrogen-bond donors (Lipinski definition) is 0. The van der Waals surface area contributed by atoms with Gasteiger partial charge in [0.1, 0.15) is 0 Å². The Morgan fingerprint density at radius 1 is 0.680 bits per heavy atom. The molecule has 0 radical (unpaired) electrons. The molecule has 0 amide bonds. The third-order valence-electron chi connectivity index (χ3n) is 3.80. The first-order chi connectivity index (χ1) is 12.2. The molecular weight excluding hydrogens is 320 g/mol. The standard InChI is InChI=1S/C20H24O5/c1-21-16-10-9-14(11-17(16)22-2)7-6-8-15-12-18(23-3)20(25-5)19(13-15)24-4/h6,8-13H,7H2,1-5H3/b8-6+. The van der Waals surface area contributed by atoms with E-state index in [4.69, 9.17) is 23.7 Å². The third kappa shape index (κ3) is 4.38. The van der Waals surface area contributed by atoms with E-state index in [1.54, 1.807) is 35.5 Å². The van der Waals surface area contributed by atoms with Gasteiger partial charge >= 0.3 is 0 Å². The van der Waals surface area contributed by atoms with E-state index in [1.165, 1.54) is 0 Å². The van der Waals surface area contributed by atoms with Crippen molar-refractivity contribution in [2.45, 2.75) is 6.42 Å². The van der Waals surface area contributed by atoms with Crippen molar-refractivity contribution >= 4 is 6.08 Å². The van der Waals surface area contributed by atoms with Crippen LogP contribution in [0.25, 0.3) is 6.08 Å². The van der Waals surface area contributed by atoms with Crippen LogP contribution in [0.1, 0.15) is 11.1 Å². The van der Waals surface area contributed by atoms with E-state index < -0.39 is 0 Å². The number of methoxy groups -OCH3 is 5. The fraction of sp³-hybridized carbons (Fsp3) is 0.300. The molecule has 2 aromatic carbocycles. The van der Waals surface area contributed by atoms with Gasteiger partial charge in [-0.2, -0.15) is 0 Å². The van der Waals surface area contributed by atoms with Gasteiger partial charge in [-0.25, -0.2) is 0 Å². The molecule has 0 bridgehead atoms. The summed E-state index contributed by atoms with van der Waals surface area (Å²) in [7, 11) is 8.06. The summed E-state index contributed by atoms with van der Waals surface area (Å²) in [5.74, 6) is 3.29. The summed E-state index contributed by atoms with van der Waals surface area (Å²) in [6.45, 7) is 0. The Labute approximate surface area is 148 Å². The minimum atomic E-state index is 0.585. The molecule has 2 rings (SSSR count). The molecule has 0 heterocycles. The summed E-state index contributed by atoms with van der Waals surface area (Å²) in [4.78, 5) is 0. The first kappa shape index (κ1) is 18.5. The molecule has 134 valence electrons. The van der Waals surface area contributed by atoms with Crippen LogP contribution in [0.2, 0.25) is 0 Å². The summed E-state index contributed by atoms with van der Waals surface area (Å²) < 4.78 is 26.7. The maximum atomic E-state index is 5.37. The van der Waals surface area contributed by atoms with Gasteiger partial charge in [-0.05, 0) is 41.8 Å². The average molecular weight is 344 g/mol. The van der Waals surface area contributed by atoms with Crippen LogP contribution < -0.4 is 23.7 Å². The Morgan fingerprint density at radius 3 is 1.80 bits per heavy atom. The van der Waals surface area contributed by atoms with Crippen molar-refractivity contribution in [3.05, 3.63) is 47.5 Å². The molecule has 0 spiro atoms. The van der Waals surface area contributed by atoms with E-state index >= 15 is 0 Å². The topological polar surface area (TPSA) is 46.2 Å². The lowest BCUT2D eigenvalue weighted by atomic mass is 10.1. The van der Waals surface area contributed by atoms with E-state index in [2.05, 4.69) is 6.08 Å². The fourth-order valence-corrected chi connectivity index (χ4v) is 2.54. The fourth-order valence-electron chi connectivity index (χ4n) is 2.54. The van der Waals surface area contributed by atoms with Crippen LogP contribution in [0, 0.1) is 0 Å². The predicted molar refractivity (Wildman–Crippen MR) is 98.4 cm³/mol. The second kappa shape index (κ2) is 8.87. The molecule has 0 atom stereocenters. The lowest BCUT2D eigenvalue weighted by molar-refractivity contribution is 0.324. The molecule has 0 aliphatic rings. The molecule has 25 heavy (non-hydrogen) atoms. The second-order valence-corrected chi connectivity index (χ2v) is 5.25. The molecule has 0 aliphatic carbocycles. The maximum Gasteiger partial charge on any atom is 0.203 e. The van der Waals surface area contributed by atoms with Gasteiger partial charge in [0, 0.05) is 0 Å². The minimum Gasteiger partial charge on any atom is -0.493 e. The molecule has 0 saturated heterocycles. The van der Waals surface area contributed by atoms with Crippen molar-refractivity contribution in [2.75, 3.05) is 35.5 Å². The van der Waals surface area contributed by atoms with E-state index in [-0.39, 0.29) is 0 Å². The van der Waals surface area contributed by atoms with Crippen LogP contribution in [-0.2, 0) is 6.42 Å². The van der Waals surface area contributed by atoms with E-state index in [1.807, 2.05) is 36.4 Å². The highest BCUT2D eigenvalue weighted by Crippen LogP contribution is 2.38. The Morgan fingerprint density at radius 2 is 1.28 bits per heavy atom. The molecule has 0 saturated carbocycles. The molecule has 5 heteroatoms. The van der Waals surface area contributed by atoms with Crippen molar-refractivity contribution in [3.8, 4) is 28.7 Å². The zero-order chi connectivity index (χ0) is 18.2. The third-order valence-corrected chi connectivity index (χ3v) is 3.80. The molecular formula is C20H24O5. The lowest BCUT2D eigenvalue weighted by Crippen LogP contribution is -1.95. The largest absolute Gasteiger partial charge is 0.493 e. The molecule has 5 nitrogen and oxygen atoms in total. The number of hydrogen-bond acceptors (Lipinski definition) is 5. The Hall–Kier alpha value is -2.82. The Kier molecular flexibility index (Phi) is 6.57. The van der Waals surface area contributed by atoms with Crippen LogP contribution in [0.15, 0.2) is 36.4 Å². The summed E-state index contributed by atoms with van der Waals surface area (Å²) in [5, 5.41) is 0. The quantitative estimate of drug-likeness (QED) is 0.725. The second-order valence-electron chi connectivity index (χ2n) is 5.25. The number of ether oxygens (including phenoxy) is 5. The highest BCUT2D eigenvalue weighted by Gasteiger charge is 2.12. The van der Waals surface area contributed by atoms with Crippen LogP contribution in [0.3, 0.4) is 0 Å². The molecule has 0 aliphatic heterocycles. The SMILES string of the molecule is COc1ccc(C/C=C/c2cc(OC)c(OC)c(OC)c2)cc1OC. The van der Waals surface area contributed by atoms with Gasteiger partial charge in [0.25, 0.3) is 0 Å². The van der Waals surface area contributed by atoms with Gasteiger partial charge in [0.2, 0.25) is 5.75 Å². The maximum absolute atomic E-state index is 5.37. The van der Waals surface area contributed by atoms with Crippen LogP contribution in [-0.4, -0.2) is 35.5 Å². The molecule has 0 aromatic heterocycles. The first-order valence-electron chi connectivity index (χ1n) is 7.84. The Bertz CT molecular complexity index is 712. The molecule has 2 aromatic rings. The van der Waals surface area contributed by atoms with Crippen molar-refractivity contribution in [1.29, 1.82) is 0 Å². The van der Waals surface area contributed by atoms with Crippen molar-refractivity contribution in [2.24, 2.45) is 0 Å². The van der Waals surface area contributed by atoms with Gasteiger partial charge < -0.3 is 23.7 Å².